The fourth-order valence-corrected chi connectivity index (χ4v) is 5.85. The molecule has 0 aliphatic rings. The van der Waals surface area contributed by atoms with Gasteiger partial charge in [-0.25, -0.2) is 0 Å². The van der Waals surface area contributed by atoms with Gasteiger partial charge in [0.2, 0.25) is 0 Å². The van der Waals surface area contributed by atoms with Crippen molar-refractivity contribution in [3.05, 3.63) is 0 Å². The molecule has 0 heterocycles. The van der Waals surface area contributed by atoms with Crippen LogP contribution in [0.25, 0.3) is 0 Å². The van der Waals surface area contributed by atoms with Crippen LogP contribution >= 0.6 is 0 Å². The van der Waals surface area contributed by atoms with Crippen molar-refractivity contribution in [1.29, 1.82) is 0 Å². The third-order valence-corrected chi connectivity index (χ3v) is 8.54. The molecule has 0 spiro atoms. The van der Waals surface area contributed by atoms with E-state index in [-0.39, 0.29) is 0 Å². The van der Waals surface area contributed by atoms with Crippen LogP contribution in [-0.2, 0) is 0 Å². The van der Waals surface area contributed by atoms with Gasteiger partial charge in [-0.3, -0.25) is 0 Å². The first-order chi connectivity index (χ1) is 19.2. The van der Waals surface area contributed by atoms with E-state index in [2.05, 4.69) is 49.3 Å². The zero-order valence-corrected chi connectivity index (χ0v) is 28.3. The van der Waals surface area contributed by atoms with Gasteiger partial charge in [0.15, 0.2) is 0 Å². The van der Waals surface area contributed by atoms with Crippen molar-refractivity contribution in [2.75, 3.05) is 58.9 Å². The summed E-state index contributed by atoms with van der Waals surface area (Å²) in [6.07, 6.45) is 30.5. The van der Waals surface area contributed by atoms with Crippen LogP contribution in [0, 0.1) is 0 Å². The second-order valence-electron chi connectivity index (χ2n) is 12.5. The molecule has 0 rings (SSSR count). The van der Waals surface area contributed by atoms with Crippen molar-refractivity contribution in [2.24, 2.45) is 0 Å². The Balaban J connectivity index is 4.70. The van der Waals surface area contributed by atoms with E-state index in [1.54, 1.807) is 0 Å². The van der Waals surface area contributed by atoms with Crippen LogP contribution in [0.1, 0.15) is 176 Å². The molecule has 0 fully saturated rings. The quantitative estimate of drug-likeness (QED) is 0.0751. The van der Waals surface area contributed by atoms with Gasteiger partial charge in [0.25, 0.3) is 0 Å². The van der Waals surface area contributed by atoms with Crippen molar-refractivity contribution in [2.45, 2.75) is 176 Å². The topological polar surface area (TPSA) is 9.72 Å². The van der Waals surface area contributed by atoms with Crippen LogP contribution in [0.4, 0.5) is 0 Å². The maximum absolute atomic E-state index is 2.84. The molecular formula is C36H77N3. The minimum Gasteiger partial charge on any atom is -0.303 e. The number of nitrogens with zero attached hydrogens (tertiary/aromatic N) is 3. The molecular weight excluding hydrogens is 474 g/mol. The third-order valence-electron chi connectivity index (χ3n) is 8.54. The van der Waals surface area contributed by atoms with E-state index in [1.165, 1.54) is 200 Å². The molecule has 236 valence electrons. The average molecular weight is 552 g/mol. The van der Waals surface area contributed by atoms with E-state index in [0.29, 0.717) is 0 Å². The molecule has 0 aromatic carbocycles. The van der Waals surface area contributed by atoms with Gasteiger partial charge in [0.05, 0.1) is 0 Å². The largest absolute Gasteiger partial charge is 0.303 e. The molecule has 0 saturated heterocycles. The van der Waals surface area contributed by atoms with Crippen molar-refractivity contribution >= 4 is 0 Å². The highest BCUT2D eigenvalue weighted by atomic mass is 15.2. The van der Waals surface area contributed by atoms with Gasteiger partial charge in [-0.2, -0.15) is 0 Å². The fraction of sp³-hybridized carbons (Fsp3) is 1.00. The lowest BCUT2D eigenvalue weighted by Gasteiger charge is -2.28. The SMILES string of the molecule is CCCCCCN(CCCCCC)CCCN(CCCCCC)CCCN(CCCCCC)CCCCCC. The molecule has 0 bridgehead atoms. The Morgan fingerprint density at radius 1 is 0.205 bits per heavy atom. The lowest BCUT2D eigenvalue weighted by molar-refractivity contribution is 0.200. The Labute approximate surface area is 249 Å². The smallest absolute Gasteiger partial charge is 0.000654 e. The van der Waals surface area contributed by atoms with E-state index < -0.39 is 0 Å². The van der Waals surface area contributed by atoms with Gasteiger partial charge in [-0.15, -0.1) is 0 Å². The fourth-order valence-electron chi connectivity index (χ4n) is 5.85. The van der Waals surface area contributed by atoms with Crippen LogP contribution in [0.5, 0.6) is 0 Å². The molecule has 0 amide bonds. The molecule has 0 atom stereocenters. The lowest BCUT2D eigenvalue weighted by Crippen LogP contribution is -2.34. The van der Waals surface area contributed by atoms with E-state index in [1.807, 2.05) is 0 Å². The molecule has 3 heteroatoms. The van der Waals surface area contributed by atoms with Gasteiger partial charge in [0, 0.05) is 0 Å². The second kappa shape index (κ2) is 32.4. The zero-order valence-electron chi connectivity index (χ0n) is 28.3. The van der Waals surface area contributed by atoms with Crippen molar-refractivity contribution < 1.29 is 0 Å². The predicted molar refractivity (Wildman–Crippen MR) is 179 cm³/mol. The molecule has 3 nitrogen and oxygen atoms in total. The molecule has 0 unspecified atom stereocenters. The summed E-state index contributed by atoms with van der Waals surface area (Å²) >= 11 is 0. The van der Waals surface area contributed by atoms with Gasteiger partial charge < -0.3 is 14.7 Å². The Kier molecular flexibility index (Phi) is 32.3. The van der Waals surface area contributed by atoms with Gasteiger partial charge in [-0.05, 0) is 104 Å². The molecule has 0 aliphatic carbocycles. The van der Waals surface area contributed by atoms with E-state index >= 15 is 0 Å². The minimum atomic E-state index is 1.31. The Hall–Kier alpha value is -0.120. The van der Waals surface area contributed by atoms with Crippen molar-refractivity contribution in [3.8, 4) is 0 Å². The number of rotatable bonds is 33. The Morgan fingerprint density at radius 2 is 0.385 bits per heavy atom. The highest BCUT2D eigenvalue weighted by molar-refractivity contribution is 4.66. The van der Waals surface area contributed by atoms with Crippen LogP contribution in [0.15, 0.2) is 0 Å². The number of hydrogen-bond donors (Lipinski definition) is 0. The van der Waals surface area contributed by atoms with Crippen LogP contribution in [0.2, 0.25) is 0 Å². The summed E-state index contributed by atoms with van der Waals surface area (Å²) in [6.45, 7) is 23.5. The molecule has 0 N–H and O–H groups in total. The van der Waals surface area contributed by atoms with E-state index in [4.69, 9.17) is 0 Å². The van der Waals surface area contributed by atoms with Crippen LogP contribution < -0.4 is 0 Å². The van der Waals surface area contributed by atoms with Gasteiger partial charge in [0.1, 0.15) is 0 Å². The highest BCUT2D eigenvalue weighted by Gasteiger charge is 2.10. The maximum atomic E-state index is 2.84. The summed E-state index contributed by atoms with van der Waals surface area (Å²) in [7, 11) is 0. The first-order valence-electron chi connectivity index (χ1n) is 18.4. The standard InChI is InChI=1S/C36H77N3/c1-6-11-16-21-28-37(29-22-17-12-7-2)33-26-35-39(32-25-20-15-10-5)36-27-34-38(30-23-18-13-8-3)31-24-19-14-9-4/h6-36H2,1-5H3. The zero-order chi connectivity index (χ0) is 28.7. The van der Waals surface area contributed by atoms with Crippen molar-refractivity contribution in [3.63, 3.8) is 0 Å². The van der Waals surface area contributed by atoms with Gasteiger partial charge >= 0.3 is 0 Å². The molecule has 0 saturated carbocycles. The van der Waals surface area contributed by atoms with Crippen molar-refractivity contribution in [1.82, 2.24) is 14.7 Å². The summed E-state index contributed by atoms with van der Waals surface area (Å²) < 4.78 is 0. The predicted octanol–water partition coefficient (Wildman–Crippen LogP) is 10.6. The molecule has 0 radical (unpaired) electrons. The first kappa shape index (κ1) is 38.9. The lowest BCUT2D eigenvalue weighted by atomic mass is 10.1. The Morgan fingerprint density at radius 3 is 0.564 bits per heavy atom. The number of unbranched alkanes of at least 4 members (excludes halogenated alkanes) is 15. The molecule has 0 aromatic heterocycles. The first-order valence-corrected chi connectivity index (χ1v) is 18.4. The van der Waals surface area contributed by atoms with Crippen LogP contribution in [-0.4, -0.2) is 73.6 Å². The molecule has 0 aromatic rings. The normalized spacial score (nSPS) is 12.0. The molecule has 39 heavy (non-hydrogen) atoms. The van der Waals surface area contributed by atoms with E-state index in [9.17, 15) is 0 Å². The molecule has 0 aliphatic heterocycles. The summed E-state index contributed by atoms with van der Waals surface area (Å²) in [5.74, 6) is 0. The minimum absolute atomic E-state index is 1.31. The third kappa shape index (κ3) is 27.8. The Bertz CT molecular complexity index is 383. The summed E-state index contributed by atoms with van der Waals surface area (Å²) in [5, 5.41) is 0. The maximum Gasteiger partial charge on any atom is -0.000654 e. The van der Waals surface area contributed by atoms with Gasteiger partial charge in [-0.1, -0.05) is 131 Å². The monoisotopic (exact) mass is 552 g/mol. The second-order valence-corrected chi connectivity index (χ2v) is 12.5. The number of hydrogen-bond acceptors (Lipinski definition) is 3. The summed E-state index contributed by atoms with van der Waals surface area (Å²) in [6, 6.07) is 0. The van der Waals surface area contributed by atoms with Crippen LogP contribution in [0.3, 0.4) is 0 Å². The summed E-state index contributed by atoms with van der Waals surface area (Å²) in [5.41, 5.74) is 0. The average Bonchev–Trinajstić information content (AvgIpc) is 2.94. The summed E-state index contributed by atoms with van der Waals surface area (Å²) in [4.78, 5) is 8.47. The highest BCUT2D eigenvalue weighted by Crippen LogP contribution is 2.10. The van der Waals surface area contributed by atoms with E-state index in [0.717, 1.165) is 0 Å².